The monoisotopic (exact) mass is 383 g/mol. The van der Waals surface area contributed by atoms with Crippen LogP contribution in [0.1, 0.15) is 40.2 Å². The van der Waals surface area contributed by atoms with Crippen molar-refractivity contribution in [1.29, 1.82) is 0 Å². The van der Waals surface area contributed by atoms with E-state index in [1.165, 1.54) is 0 Å². The summed E-state index contributed by atoms with van der Waals surface area (Å²) in [5, 5.41) is 9.77. The SMILES string of the molecule is CN=C(NCCc1ccc(Cl)nc1)NCC(C)(C)NC(=O)OC(C)(C)C. The molecule has 0 radical (unpaired) electrons. The van der Waals surface area contributed by atoms with Crippen molar-refractivity contribution in [3.63, 3.8) is 0 Å². The van der Waals surface area contributed by atoms with Crippen LogP contribution in [0.3, 0.4) is 0 Å². The van der Waals surface area contributed by atoms with Crippen LogP contribution in [0.2, 0.25) is 5.15 Å². The third-order valence-corrected chi connectivity index (χ3v) is 3.48. The normalized spacial score (nSPS) is 12.5. The van der Waals surface area contributed by atoms with Gasteiger partial charge in [0, 0.05) is 26.3 Å². The first-order valence-electron chi connectivity index (χ1n) is 8.57. The summed E-state index contributed by atoms with van der Waals surface area (Å²) in [6.45, 7) is 10.5. The van der Waals surface area contributed by atoms with Gasteiger partial charge in [-0.3, -0.25) is 4.99 Å². The summed E-state index contributed by atoms with van der Waals surface area (Å²) in [4.78, 5) is 20.2. The Kier molecular flexibility index (Phi) is 8.14. The highest BCUT2D eigenvalue weighted by atomic mass is 35.5. The molecule has 1 rings (SSSR count). The molecule has 1 aromatic heterocycles. The predicted octanol–water partition coefficient (Wildman–Crippen LogP) is 2.75. The van der Waals surface area contributed by atoms with Crippen molar-refractivity contribution in [1.82, 2.24) is 20.9 Å². The van der Waals surface area contributed by atoms with Crippen LogP contribution < -0.4 is 16.0 Å². The molecule has 0 aromatic carbocycles. The molecule has 1 aromatic rings. The Morgan fingerprint density at radius 2 is 1.92 bits per heavy atom. The van der Waals surface area contributed by atoms with Crippen LogP contribution in [0.25, 0.3) is 0 Å². The van der Waals surface area contributed by atoms with Crippen molar-refractivity contribution in [2.45, 2.75) is 52.2 Å². The zero-order valence-electron chi connectivity index (χ0n) is 16.4. The lowest BCUT2D eigenvalue weighted by molar-refractivity contribution is 0.0474. The predicted molar refractivity (Wildman–Crippen MR) is 106 cm³/mol. The number of hydrogen-bond donors (Lipinski definition) is 3. The maximum Gasteiger partial charge on any atom is 0.408 e. The standard InChI is InChI=1S/C18H30ClN5O2/c1-17(2,3)26-16(25)24-18(4,5)12-23-15(20-6)21-10-9-13-7-8-14(19)22-11-13/h7-8,11H,9-10,12H2,1-6H3,(H,24,25)(H2,20,21,23). The van der Waals surface area contributed by atoms with E-state index in [9.17, 15) is 4.79 Å². The molecule has 26 heavy (non-hydrogen) atoms. The van der Waals surface area contributed by atoms with Gasteiger partial charge in [0.15, 0.2) is 5.96 Å². The molecule has 0 saturated heterocycles. The Labute approximate surface area is 161 Å². The molecule has 8 heteroatoms. The summed E-state index contributed by atoms with van der Waals surface area (Å²) in [5.41, 5.74) is 0.0613. The maximum absolute atomic E-state index is 11.9. The van der Waals surface area contributed by atoms with Gasteiger partial charge in [-0.1, -0.05) is 17.7 Å². The molecule has 1 heterocycles. The second kappa shape index (κ2) is 9.62. The molecule has 0 saturated carbocycles. The van der Waals surface area contributed by atoms with Crippen LogP contribution in [0.5, 0.6) is 0 Å². The van der Waals surface area contributed by atoms with Gasteiger partial charge in [0.25, 0.3) is 0 Å². The average molecular weight is 384 g/mol. The second-order valence-electron chi connectivity index (χ2n) is 7.60. The lowest BCUT2D eigenvalue weighted by Gasteiger charge is -2.29. The Balaban J connectivity index is 2.40. The fourth-order valence-corrected chi connectivity index (χ4v) is 2.14. The average Bonchev–Trinajstić information content (AvgIpc) is 2.50. The molecule has 3 N–H and O–H groups in total. The summed E-state index contributed by atoms with van der Waals surface area (Å²) in [6, 6.07) is 3.72. The highest BCUT2D eigenvalue weighted by molar-refractivity contribution is 6.29. The molecule has 0 aliphatic heterocycles. The number of amides is 1. The van der Waals surface area contributed by atoms with Gasteiger partial charge in [0.1, 0.15) is 10.8 Å². The molecule has 0 atom stereocenters. The van der Waals surface area contributed by atoms with Crippen molar-refractivity contribution in [3.8, 4) is 0 Å². The topological polar surface area (TPSA) is 87.6 Å². The van der Waals surface area contributed by atoms with E-state index in [2.05, 4.69) is 25.9 Å². The van der Waals surface area contributed by atoms with Crippen LogP contribution in [0.15, 0.2) is 23.3 Å². The van der Waals surface area contributed by atoms with Crippen LogP contribution >= 0.6 is 11.6 Å². The van der Waals surface area contributed by atoms with Gasteiger partial charge in [-0.05, 0) is 52.7 Å². The summed E-state index contributed by atoms with van der Waals surface area (Å²) in [6.07, 6.45) is 2.11. The van der Waals surface area contributed by atoms with E-state index in [4.69, 9.17) is 16.3 Å². The summed E-state index contributed by atoms with van der Waals surface area (Å²) in [7, 11) is 1.70. The fraction of sp³-hybridized carbons (Fsp3) is 0.611. The first-order valence-corrected chi connectivity index (χ1v) is 8.95. The number of carbonyl (C=O) groups is 1. The van der Waals surface area contributed by atoms with Crippen LogP contribution in [-0.2, 0) is 11.2 Å². The number of hydrogen-bond acceptors (Lipinski definition) is 4. The molecule has 7 nitrogen and oxygen atoms in total. The first-order chi connectivity index (χ1) is 12.0. The molecule has 146 valence electrons. The fourth-order valence-electron chi connectivity index (χ4n) is 2.03. The Morgan fingerprint density at radius 1 is 1.23 bits per heavy atom. The maximum atomic E-state index is 11.9. The minimum Gasteiger partial charge on any atom is -0.444 e. The lowest BCUT2D eigenvalue weighted by Crippen LogP contribution is -2.54. The number of ether oxygens (including phenoxy) is 1. The van der Waals surface area contributed by atoms with E-state index < -0.39 is 17.2 Å². The van der Waals surface area contributed by atoms with Gasteiger partial charge in [0.2, 0.25) is 0 Å². The van der Waals surface area contributed by atoms with Crippen molar-refractivity contribution >= 4 is 23.7 Å². The number of aromatic nitrogens is 1. The number of pyridine rings is 1. The summed E-state index contributed by atoms with van der Waals surface area (Å²) < 4.78 is 5.29. The highest BCUT2D eigenvalue weighted by Gasteiger charge is 2.24. The molecule has 0 aliphatic rings. The molecule has 0 aliphatic carbocycles. The molecule has 1 amide bonds. The van der Waals surface area contributed by atoms with Gasteiger partial charge in [-0.25, -0.2) is 9.78 Å². The molecule has 0 spiro atoms. The second-order valence-corrected chi connectivity index (χ2v) is 7.99. The van der Waals surface area contributed by atoms with Crippen molar-refractivity contribution in [2.24, 2.45) is 4.99 Å². The number of rotatable bonds is 6. The van der Waals surface area contributed by atoms with Gasteiger partial charge in [-0.15, -0.1) is 0 Å². The number of carbonyl (C=O) groups excluding carboxylic acids is 1. The third kappa shape index (κ3) is 9.46. The van der Waals surface area contributed by atoms with E-state index >= 15 is 0 Å². The lowest BCUT2D eigenvalue weighted by atomic mass is 10.1. The zero-order valence-corrected chi connectivity index (χ0v) is 17.2. The number of aliphatic imine (C=N–C) groups is 1. The number of halogens is 1. The van der Waals surface area contributed by atoms with Gasteiger partial charge < -0.3 is 20.7 Å². The van der Waals surface area contributed by atoms with Crippen molar-refractivity contribution in [3.05, 3.63) is 29.0 Å². The molecular formula is C18H30ClN5O2. The Bertz CT molecular complexity index is 609. The van der Waals surface area contributed by atoms with E-state index in [-0.39, 0.29) is 0 Å². The quantitative estimate of drug-likeness (QED) is 0.399. The molecule has 0 fully saturated rings. The summed E-state index contributed by atoms with van der Waals surface area (Å²) in [5.74, 6) is 0.658. The number of nitrogens with zero attached hydrogens (tertiary/aromatic N) is 2. The molecule has 0 bridgehead atoms. The smallest absolute Gasteiger partial charge is 0.408 e. The van der Waals surface area contributed by atoms with Crippen LogP contribution in [-0.4, -0.2) is 48.3 Å². The Hall–Kier alpha value is -2.02. The molecule has 0 unspecified atom stereocenters. The van der Waals surface area contributed by atoms with E-state index in [1.54, 1.807) is 19.3 Å². The van der Waals surface area contributed by atoms with Gasteiger partial charge in [-0.2, -0.15) is 0 Å². The van der Waals surface area contributed by atoms with Crippen molar-refractivity contribution in [2.75, 3.05) is 20.1 Å². The first kappa shape index (κ1) is 22.0. The largest absolute Gasteiger partial charge is 0.444 e. The number of nitrogens with one attached hydrogen (secondary N) is 3. The van der Waals surface area contributed by atoms with E-state index in [0.29, 0.717) is 24.2 Å². The van der Waals surface area contributed by atoms with E-state index in [0.717, 1.165) is 12.0 Å². The summed E-state index contributed by atoms with van der Waals surface area (Å²) >= 11 is 5.78. The van der Waals surface area contributed by atoms with Gasteiger partial charge in [0.05, 0.1) is 5.54 Å². The van der Waals surface area contributed by atoms with Crippen LogP contribution in [0, 0.1) is 0 Å². The minimum absolute atomic E-state index is 0.442. The van der Waals surface area contributed by atoms with Crippen LogP contribution in [0.4, 0.5) is 4.79 Å². The third-order valence-electron chi connectivity index (χ3n) is 3.26. The van der Waals surface area contributed by atoms with Crippen molar-refractivity contribution < 1.29 is 9.53 Å². The molecular weight excluding hydrogens is 354 g/mol. The number of guanidine groups is 1. The number of alkyl carbamates (subject to hydrolysis) is 1. The van der Waals surface area contributed by atoms with Gasteiger partial charge >= 0.3 is 6.09 Å². The minimum atomic E-state index is -0.526. The highest BCUT2D eigenvalue weighted by Crippen LogP contribution is 2.09. The zero-order chi connectivity index (χ0) is 19.8. The van der Waals surface area contributed by atoms with E-state index in [1.807, 2.05) is 40.7 Å². The Morgan fingerprint density at radius 3 is 2.46 bits per heavy atom.